The van der Waals surface area contributed by atoms with E-state index in [1.165, 1.54) is 0 Å². The molecule has 1 aliphatic carbocycles. The Balaban J connectivity index is 2.02. The number of carbonyl (C=O) groups is 1. The van der Waals surface area contributed by atoms with E-state index in [0.717, 1.165) is 12.8 Å². The number of hydrogen-bond acceptors (Lipinski definition) is 5. The molecule has 5 nitrogen and oxygen atoms in total. The van der Waals surface area contributed by atoms with Crippen molar-refractivity contribution in [3.8, 4) is 0 Å². The van der Waals surface area contributed by atoms with Crippen molar-refractivity contribution < 1.29 is 24.0 Å². The first kappa shape index (κ1) is 14.3. The van der Waals surface area contributed by atoms with Crippen molar-refractivity contribution in [2.45, 2.75) is 65.1 Å². The Morgan fingerprint density at radius 3 is 2.50 bits per heavy atom. The zero-order valence-electron chi connectivity index (χ0n) is 12.8. The smallest absolute Gasteiger partial charge is 0.311 e. The van der Waals surface area contributed by atoms with Gasteiger partial charge in [-0.3, -0.25) is 4.79 Å². The highest BCUT2D eigenvalue weighted by molar-refractivity contribution is 5.74. The van der Waals surface area contributed by atoms with Crippen molar-refractivity contribution in [2.24, 2.45) is 23.7 Å². The summed E-state index contributed by atoms with van der Waals surface area (Å²) >= 11 is 0. The molecule has 2 heterocycles. The summed E-state index contributed by atoms with van der Waals surface area (Å²) in [5.41, 5.74) is -0.680. The summed E-state index contributed by atoms with van der Waals surface area (Å²) in [5.74, 6) is -0.518. The van der Waals surface area contributed by atoms with E-state index in [4.69, 9.17) is 19.2 Å². The molecule has 3 aliphatic rings. The Bertz CT molecular complexity index is 420. The summed E-state index contributed by atoms with van der Waals surface area (Å²) in [7, 11) is 0. The molecular weight excluding hydrogens is 260 g/mol. The third-order valence-corrected chi connectivity index (χ3v) is 5.42. The summed E-state index contributed by atoms with van der Waals surface area (Å²) in [6, 6.07) is 0. The van der Waals surface area contributed by atoms with E-state index in [2.05, 4.69) is 13.8 Å². The lowest BCUT2D eigenvalue weighted by atomic mass is 9.59. The van der Waals surface area contributed by atoms with E-state index >= 15 is 0 Å². The van der Waals surface area contributed by atoms with E-state index in [1.807, 2.05) is 6.92 Å². The maximum Gasteiger partial charge on any atom is 0.311 e. The average Bonchev–Trinajstić information content (AvgIpc) is 2.37. The highest BCUT2D eigenvalue weighted by atomic mass is 17.3. The molecule has 1 spiro atoms. The fourth-order valence-corrected chi connectivity index (χ4v) is 3.94. The van der Waals surface area contributed by atoms with Gasteiger partial charge in [-0.25, -0.2) is 9.78 Å². The van der Waals surface area contributed by atoms with Crippen molar-refractivity contribution in [2.75, 3.05) is 0 Å². The Hall–Kier alpha value is -0.650. The zero-order valence-corrected chi connectivity index (χ0v) is 12.8. The van der Waals surface area contributed by atoms with Crippen LogP contribution in [0.3, 0.4) is 0 Å². The summed E-state index contributed by atoms with van der Waals surface area (Å²) in [4.78, 5) is 23.5. The van der Waals surface area contributed by atoms with Crippen molar-refractivity contribution >= 4 is 5.97 Å². The van der Waals surface area contributed by atoms with Crippen molar-refractivity contribution in [1.82, 2.24) is 0 Å². The minimum atomic E-state index is -0.901. The van der Waals surface area contributed by atoms with Crippen LogP contribution in [0, 0.1) is 23.7 Å². The van der Waals surface area contributed by atoms with Gasteiger partial charge in [0, 0.05) is 5.92 Å². The third-order valence-electron chi connectivity index (χ3n) is 5.42. The minimum absolute atomic E-state index is 0.0797. The number of rotatable bonds is 0. The molecule has 0 N–H and O–H groups in total. The predicted molar refractivity (Wildman–Crippen MR) is 70.2 cm³/mol. The zero-order chi connectivity index (χ0) is 14.7. The lowest BCUT2D eigenvalue weighted by Gasteiger charge is -2.59. The van der Waals surface area contributed by atoms with Crippen LogP contribution in [0.2, 0.25) is 0 Å². The van der Waals surface area contributed by atoms with Gasteiger partial charge < -0.3 is 9.47 Å². The van der Waals surface area contributed by atoms with E-state index in [-0.39, 0.29) is 23.7 Å². The molecule has 4 unspecified atom stereocenters. The number of ether oxygens (including phenoxy) is 2. The first-order valence-corrected chi connectivity index (χ1v) is 7.53. The number of hydrogen-bond donors (Lipinski definition) is 0. The highest BCUT2D eigenvalue weighted by Gasteiger charge is 2.66. The molecule has 0 aromatic rings. The summed E-state index contributed by atoms with van der Waals surface area (Å²) in [6.07, 6.45) is 1.34. The van der Waals surface area contributed by atoms with Crippen LogP contribution >= 0.6 is 0 Å². The quantitative estimate of drug-likeness (QED) is 0.505. The molecule has 2 aliphatic heterocycles. The van der Waals surface area contributed by atoms with Gasteiger partial charge in [0.05, 0.1) is 5.92 Å². The molecule has 20 heavy (non-hydrogen) atoms. The normalized spacial score (nSPS) is 50.9. The summed E-state index contributed by atoms with van der Waals surface area (Å²) < 4.78 is 11.4. The minimum Gasteiger partial charge on any atom is -0.432 e. The first-order valence-electron chi connectivity index (χ1n) is 7.53. The van der Waals surface area contributed by atoms with Gasteiger partial charge in [0.25, 0.3) is 0 Å². The van der Waals surface area contributed by atoms with E-state index in [0.29, 0.717) is 5.92 Å². The largest absolute Gasteiger partial charge is 0.432 e. The van der Waals surface area contributed by atoms with Crippen LogP contribution in [0.15, 0.2) is 0 Å². The van der Waals surface area contributed by atoms with E-state index in [1.54, 1.807) is 13.8 Å². The van der Waals surface area contributed by atoms with Gasteiger partial charge in [0.1, 0.15) is 0 Å². The number of carbonyl (C=O) groups excluding carboxylic acids is 1. The Labute approximate surface area is 119 Å². The fourth-order valence-electron chi connectivity index (χ4n) is 3.94. The van der Waals surface area contributed by atoms with Crippen molar-refractivity contribution in [3.05, 3.63) is 0 Å². The summed E-state index contributed by atoms with van der Waals surface area (Å²) in [5, 5.41) is 0. The van der Waals surface area contributed by atoms with Gasteiger partial charge in [0.15, 0.2) is 11.4 Å². The second-order valence-electron chi connectivity index (χ2n) is 7.05. The fraction of sp³-hybridized carbons (Fsp3) is 0.933. The van der Waals surface area contributed by atoms with Gasteiger partial charge in [-0.15, -0.1) is 0 Å². The molecular formula is C15H24O5. The second kappa shape index (κ2) is 4.42. The number of esters is 1. The van der Waals surface area contributed by atoms with Gasteiger partial charge in [-0.1, -0.05) is 20.8 Å². The van der Waals surface area contributed by atoms with Crippen LogP contribution in [-0.4, -0.2) is 23.6 Å². The predicted octanol–water partition coefficient (Wildman–Crippen LogP) is 2.64. The Morgan fingerprint density at radius 2 is 1.80 bits per heavy atom. The molecule has 1 saturated carbocycles. The molecule has 6 atom stereocenters. The van der Waals surface area contributed by atoms with Crippen LogP contribution in [0.4, 0.5) is 0 Å². The molecule has 3 rings (SSSR count). The van der Waals surface area contributed by atoms with Gasteiger partial charge in [0.2, 0.25) is 6.29 Å². The van der Waals surface area contributed by atoms with E-state index < -0.39 is 17.7 Å². The highest BCUT2D eigenvalue weighted by Crippen LogP contribution is 2.55. The Kier molecular flexibility index (Phi) is 3.16. The molecule has 5 heteroatoms. The van der Waals surface area contributed by atoms with Gasteiger partial charge in [-0.2, -0.15) is 0 Å². The third kappa shape index (κ3) is 1.83. The monoisotopic (exact) mass is 284 g/mol. The molecule has 2 saturated heterocycles. The topological polar surface area (TPSA) is 54.0 Å². The lowest BCUT2D eigenvalue weighted by Crippen LogP contribution is -2.70. The maximum absolute atomic E-state index is 12.1. The van der Waals surface area contributed by atoms with Gasteiger partial charge >= 0.3 is 5.97 Å². The van der Waals surface area contributed by atoms with Crippen LogP contribution in [-0.2, 0) is 24.0 Å². The molecule has 0 aromatic heterocycles. The molecule has 3 fully saturated rings. The van der Waals surface area contributed by atoms with Crippen LogP contribution in [0.1, 0.15) is 47.5 Å². The van der Waals surface area contributed by atoms with Crippen molar-refractivity contribution in [1.29, 1.82) is 0 Å². The van der Waals surface area contributed by atoms with E-state index in [9.17, 15) is 4.79 Å². The van der Waals surface area contributed by atoms with Crippen LogP contribution in [0.25, 0.3) is 0 Å². The maximum atomic E-state index is 12.1. The SMILES string of the molecule is CC1C(=O)O[C@H]2OC(C)(C)OOC23C1CCC(C)[C@@H]3C. The second-order valence-corrected chi connectivity index (χ2v) is 7.05. The summed E-state index contributed by atoms with van der Waals surface area (Å²) in [6.45, 7) is 9.78. The molecule has 0 radical (unpaired) electrons. The first-order chi connectivity index (χ1) is 9.28. The molecule has 0 bridgehead atoms. The average molecular weight is 284 g/mol. The lowest BCUT2D eigenvalue weighted by molar-refractivity contribution is -0.565. The van der Waals surface area contributed by atoms with Gasteiger partial charge in [-0.05, 0) is 38.5 Å². The van der Waals surface area contributed by atoms with Crippen LogP contribution < -0.4 is 0 Å². The standard InChI is InChI=1S/C15H24O5/c1-8-6-7-11-9(2)12(16)17-13-15(11,10(8)3)20-19-14(4,5)18-13/h8-11,13H,6-7H2,1-5H3/t8?,9?,10-,11?,13-,15?/m0/s1. The Morgan fingerprint density at radius 1 is 1.10 bits per heavy atom. The van der Waals surface area contributed by atoms with Crippen molar-refractivity contribution in [3.63, 3.8) is 0 Å². The van der Waals surface area contributed by atoms with Crippen LogP contribution in [0.5, 0.6) is 0 Å². The molecule has 0 aromatic carbocycles. The molecule has 0 amide bonds. The molecule has 114 valence electrons.